The van der Waals surface area contributed by atoms with Crippen LogP contribution in [-0.4, -0.2) is 9.55 Å². The lowest BCUT2D eigenvalue weighted by atomic mass is 10.0. The minimum absolute atomic E-state index is 0.563. The van der Waals surface area contributed by atoms with Crippen LogP contribution in [0.25, 0.3) is 11.3 Å². The Bertz CT molecular complexity index is 553. The zero-order valence-corrected chi connectivity index (χ0v) is 11.6. The van der Waals surface area contributed by atoms with Crippen LogP contribution in [0, 0.1) is 19.8 Å². The lowest BCUT2D eigenvalue weighted by Gasteiger charge is -2.10. The van der Waals surface area contributed by atoms with E-state index < -0.39 is 0 Å². The number of rotatable bonds is 3. The van der Waals surface area contributed by atoms with Crippen molar-refractivity contribution in [2.45, 2.75) is 34.2 Å². The molecule has 3 heteroatoms. The summed E-state index contributed by atoms with van der Waals surface area (Å²) in [5.74, 6) is 1.32. The van der Waals surface area contributed by atoms with Crippen LogP contribution in [0.3, 0.4) is 0 Å². The van der Waals surface area contributed by atoms with Crippen molar-refractivity contribution in [1.82, 2.24) is 9.55 Å². The molecule has 2 rings (SSSR count). The highest BCUT2D eigenvalue weighted by atomic mass is 15.1. The van der Waals surface area contributed by atoms with E-state index in [4.69, 9.17) is 5.73 Å². The summed E-state index contributed by atoms with van der Waals surface area (Å²) in [7, 11) is 0. The third kappa shape index (κ3) is 2.26. The summed E-state index contributed by atoms with van der Waals surface area (Å²) in [6.45, 7) is 9.49. The molecule has 0 aliphatic heterocycles. The number of nitrogen functional groups attached to an aromatic ring is 1. The Labute approximate surface area is 109 Å². The summed E-state index contributed by atoms with van der Waals surface area (Å²) in [5, 5.41) is 0. The lowest BCUT2D eigenvalue weighted by molar-refractivity contribution is 0.527. The minimum Gasteiger partial charge on any atom is -0.383 e. The summed E-state index contributed by atoms with van der Waals surface area (Å²) in [6.07, 6.45) is 1.84. The molecule has 18 heavy (non-hydrogen) atoms. The van der Waals surface area contributed by atoms with Gasteiger partial charge in [-0.05, 0) is 30.9 Å². The number of aryl methyl sites for hydroxylation is 1. The summed E-state index contributed by atoms with van der Waals surface area (Å²) in [5.41, 5.74) is 10.8. The molecule has 0 bridgehead atoms. The van der Waals surface area contributed by atoms with E-state index in [0.29, 0.717) is 5.92 Å². The van der Waals surface area contributed by atoms with Crippen molar-refractivity contribution in [3.63, 3.8) is 0 Å². The largest absolute Gasteiger partial charge is 0.383 e. The van der Waals surface area contributed by atoms with Gasteiger partial charge in [-0.15, -0.1) is 0 Å². The molecule has 0 aliphatic carbocycles. The summed E-state index contributed by atoms with van der Waals surface area (Å²) >= 11 is 0. The zero-order chi connectivity index (χ0) is 13.3. The standard InChI is InChI=1S/C15H21N3/c1-10(2)8-18-9-17-14(15(18)16)13-7-5-6-11(3)12(13)4/h5-7,9-10H,8,16H2,1-4H3. The molecule has 1 aromatic heterocycles. The van der Waals surface area contributed by atoms with Gasteiger partial charge in [0.05, 0.1) is 6.33 Å². The first kappa shape index (κ1) is 12.7. The maximum Gasteiger partial charge on any atom is 0.131 e. The topological polar surface area (TPSA) is 43.8 Å². The van der Waals surface area contributed by atoms with Crippen LogP contribution in [0.4, 0.5) is 5.82 Å². The van der Waals surface area contributed by atoms with Crippen LogP contribution in [0.15, 0.2) is 24.5 Å². The van der Waals surface area contributed by atoms with E-state index >= 15 is 0 Å². The van der Waals surface area contributed by atoms with Crippen LogP contribution >= 0.6 is 0 Å². The molecule has 1 heterocycles. The number of nitrogens with two attached hydrogens (primary N) is 1. The average Bonchev–Trinajstić information content (AvgIpc) is 2.64. The second-order valence-corrected chi connectivity index (χ2v) is 5.27. The highest BCUT2D eigenvalue weighted by Gasteiger charge is 2.13. The van der Waals surface area contributed by atoms with Gasteiger partial charge in [-0.25, -0.2) is 4.98 Å². The molecule has 0 fully saturated rings. The molecule has 0 amide bonds. The lowest BCUT2D eigenvalue weighted by Crippen LogP contribution is -2.07. The second kappa shape index (κ2) is 4.84. The Hall–Kier alpha value is -1.77. The van der Waals surface area contributed by atoms with Gasteiger partial charge in [-0.1, -0.05) is 32.0 Å². The first-order valence-corrected chi connectivity index (χ1v) is 6.38. The molecule has 3 nitrogen and oxygen atoms in total. The van der Waals surface area contributed by atoms with E-state index in [-0.39, 0.29) is 0 Å². The number of hydrogen-bond donors (Lipinski definition) is 1. The predicted molar refractivity (Wildman–Crippen MR) is 76.4 cm³/mol. The Balaban J connectivity index is 2.46. The van der Waals surface area contributed by atoms with Crippen LogP contribution in [0.5, 0.6) is 0 Å². The molecule has 2 N–H and O–H groups in total. The van der Waals surface area contributed by atoms with Gasteiger partial charge in [0.2, 0.25) is 0 Å². The molecular weight excluding hydrogens is 222 g/mol. The van der Waals surface area contributed by atoms with Crippen molar-refractivity contribution in [1.29, 1.82) is 0 Å². The van der Waals surface area contributed by atoms with Gasteiger partial charge in [0.1, 0.15) is 11.5 Å². The van der Waals surface area contributed by atoms with E-state index in [1.54, 1.807) is 0 Å². The van der Waals surface area contributed by atoms with Crippen LogP contribution in [-0.2, 0) is 6.54 Å². The van der Waals surface area contributed by atoms with Crippen LogP contribution < -0.4 is 5.73 Å². The number of benzene rings is 1. The normalized spacial score (nSPS) is 11.2. The SMILES string of the molecule is Cc1cccc(-c2ncn(CC(C)C)c2N)c1C. The fourth-order valence-electron chi connectivity index (χ4n) is 2.15. The number of nitrogens with zero attached hydrogens (tertiary/aromatic N) is 2. The monoisotopic (exact) mass is 243 g/mol. The van der Waals surface area contributed by atoms with Gasteiger partial charge in [-0.2, -0.15) is 0 Å². The summed E-state index contributed by atoms with van der Waals surface area (Å²) < 4.78 is 2.03. The fraction of sp³-hybridized carbons (Fsp3) is 0.400. The molecule has 2 aromatic rings. The molecule has 0 aliphatic rings. The Morgan fingerprint density at radius 2 is 2.00 bits per heavy atom. The molecular formula is C15H21N3. The van der Waals surface area contributed by atoms with Gasteiger partial charge in [0, 0.05) is 12.1 Å². The number of imidazole rings is 1. The second-order valence-electron chi connectivity index (χ2n) is 5.27. The molecule has 1 aromatic carbocycles. The molecule has 0 atom stereocenters. The number of anilines is 1. The Morgan fingerprint density at radius 3 is 2.67 bits per heavy atom. The summed E-state index contributed by atoms with van der Waals surface area (Å²) in [6, 6.07) is 6.25. The highest BCUT2D eigenvalue weighted by Crippen LogP contribution is 2.29. The molecule has 0 unspecified atom stereocenters. The van der Waals surface area contributed by atoms with Crippen molar-refractivity contribution in [2.75, 3.05) is 5.73 Å². The van der Waals surface area contributed by atoms with Gasteiger partial charge in [0.15, 0.2) is 0 Å². The molecule has 0 spiro atoms. The molecule has 0 saturated carbocycles. The molecule has 0 radical (unpaired) electrons. The smallest absolute Gasteiger partial charge is 0.131 e. The van der Waals surface area contributed by atoms with E-state index in [1.165, 1.54) is 11.1 Å². The third-order valence-electron chi connectivity index (χ3n) is 3.30. The van der Waals surface area contributed by atoms with E-state index in [9.17, 15) is 0 Å². The maximum absolute atomic E-state index is 6.20. The highest BCUT2D eigenvalue weighted by molar-refractivity contribution is 5.73. The Kier molecular flexibility index (Phi) is 3.41. The predicted octanol–water partition coefficient (Wildman–Crippen LogP) is 3.41. The summed E-state index contributed by atoms with van der Waals surface area (Å²) in [4.78, 5) is 4.48. The van der Waals surface area contributed by atoms with Crippen LogP contribution in [0.1, 0.15) is 25.0 Å². The average molecular weight is 243 g/mol. The van der Waals surface area contributed by atoms with Crippen LogP contribution in [0.2, 0.25) is 0 Å². The quantitative estimate of drug-likeness (QED) is 0.897. The van der Waals surface area contributed by atoms with E-state index in [2.05, 4.69) is 50.9 Å². The van der Waals surface area contributed by atoms with Crippen molar-refractivity contribution in [2.24, 2.45) is 5.92 Å². The zero-order valence-electron chi connectivity index (χ0n) is 11.6. The fourth-order valence-corrected chi connectivity index (χ4v) is 2.15. The third-order valence-corrected chi connectivity index (χ3v) is 3.30. The minimum atomic E-state index is 0.563. The van der Waals surface area contributed by atoms with Gasteiger partial charge < -0.3 is 10.3 Å². The Morgan fingerprint density at radius 1 is 1.28 bits per heavy atom. The number of aromatic nitrogens is 2. The van der Waals surface area contributed by atoms with E-state index in [0.717, 1.165) is 23.6 Å². The van der Waals surface area contributed by atoms with E-state index in [1.807, 2.05) is 10.9 Å². The van der Waals surface area contributed by atoms with Gasteiger partial charge >= 0.3 is 0 Å². The van der Waals surface area contributed by atoms with Gasteiger partial charge in [-0.3, -0.25) is 0 Å². The maximum atomic E-state index is 6.20. The van der Waals surface area contributed by atoms with Crippen molar-refractivity contribution >= 4 is 5.82 Å². The first-order chi connectivity index (χ1) is 8.50. The molecule has 96 valence electrons. The molecule has 0 saturated heterocycles. The van der Waals surface area contributed by atoms with Crippen molar-refractivity contribution in [3.05, 3.63) is 35.7 Å². The number of hydrogen-bond acceptors (Lipinski definition) is 2. The van der Waals surface area contributed by atoms with Crippen molar-refractivity contribution in [3.8, 4) is 11.3 Å². The van der Waals surface area contributed by atoms with Gasteiger partial charge in [0.25, 0.3) is 0 Å². The first-order valence-electron chi connectivity index (χ1n) is 6.38. The van der Waals surface area contributed by atoms with Crippen molar-refractivity contribution < 1.29 is 0 Å².